The van der Waals surface area contributed by atoms with E-state index in [1.54, 1.807) is 0 Å². The van der Waals surface area contributed by atoms with Crippen LogP contribution in [0.2, 0.25) is 0 Å². The van der Waals surface area contributed by atoms with Crippen LogP contribution in [-0.2, 0) is 16.6 Å². The van der Waals surface area contributed by atoms with Crippen molar-refractivity contribution in [3.8, 4) is 0 Å². The van der Waals surface area contributed by atoms with E-state index in [-0.39, 0.29) is 11.8 Å². The van der Waals surface area contributed by atoms with Gasteiger partial charge in [0.05, 0.1) is 0 Å². The van der Waals surface area contributed by atoms with Crippen molar-refractivity contribution >= 4 is 11.7 Å². The molecule has 0 fully saturated rings. The zero-order valence-corrected chi connectivity index (χ0v) is 10.1. The normalized spacial score (nSPS) is 11.4. The number of carboxylic acid groups (broad SMARTS) is 1. The van der Waals surface area contributed by atoms with Gasteiger partial charge in [-0.3, -0.25) is 4.79 Å². The maximum Gasteiger partial charge on any atom is 0.303 e. The summed E-state index contributed by atoms with van der Waals surface area (Å²) in [5.41, 5.74) is 8.76. The van der Waals surface area contributed by atoms with Gasteiger partial charge in [0.1, 0.15) is 0 Å². The first-order valence-corrected chi connectivity index (χ1v) is 5.42. The molecule has 0 radical (unpaired) electrons. The van der Waals surface area contributed by atoms with Crippen molar-refractivity contribution < 1.29 is 9.90 Å². The first-order valence-electron chi connectivity index (χ1n) is 5.42. The maximum absolute atomic E-state index is 10.6. The van der Waals surface area contributed by atoms with Crippen LogP contribution in [0.3, 0.4) is 0 Å². The smallest absolute Gasteiger partial charge is 0.303 e. The SMILES string of the molecule is CC(C)(C)c1c(N)cccc1CCC(=O)O. The molecule has 88 valence electrons. The molecule has 0 heterocycles. The van der Waals surface area contributed by atoms with E-state index in [0.717, 1.165) is 16.8 Å². The first kappa shape index (κ1) is 12.6. The molecule has 0 aliphatic carbocycles. The Kier molecular flexibility index (Phi) is 3.58. The lowest BCUT2D eigenvalue weighted by atomic mass is 9.81. The van der Waals surface area contributed by atoms with Gasteiger partial charge in [0.15, 0.2) is 0 Å². The van der Waals surface area contributed by atoms with Gasteiger partial charge in [0.25, 0.3) is 0 Å². The fourth-order valence-corrected chi connectivity index (χ4v) is 1.98. The number of hydrogen-bond acceptors (Lipinski definition) is 2. The molecular weight excluding hydrogens is 202 g/mol. The molecule has 0 spiro atoms. The summed E-state index contributed by atoms with van der Waals surface area (Å²) in [6.45, 7) is 6.26. The van der Waals surface area contributed by atoms with Gasteiger partial charge in [-0.1, -0.05) is 32.9 Å². The molecule has 1 aromatic carbocycles. The average molecular weight is 221 g/mol. The van der Waals surface area contributed by atoms with Crippen LogP contribution in [0.15, 0.2) is 18.2 Å². The highest BCUT2D eigenvalue weighted by Gasteiger charge is 2.20. The highest BCUT2D eigenvalue weighted by atomic mass is 16.4. The van der Waals surface area contributed by atoms with E-state index in [0.29, 0.717) is 6.42 Å². The summed E-state index contributed by atoms with van der Waals surface area (Å²) in [5.74, 6) is -0.776. The van der Waals surface area contributed by atoms with Gasteiger partial charge >= 0.3 is 5.97 Å². The summed E-state index contributed by atoms with van der Waals surface area (Å²) in [6, 6.07) is 5.70. The standard InChI is InChI=1S/C13H19NO2/c1-13(2,3)12-9(7-8-11(15)16)5-4-6-10(12)14/h4-6H,7-8,14H2,1-3H3,(H,15,16). The van der Waals surface area contributed by atoms with Gasteiger partial charge in [-0.2, -0.15) is 0 Å². The van der Waals surface area contributed by atoms with Crippen LogP contribution in [0.5, 0.6) is 0 Å². The largest absolute Gasteiger partial charge is 0.481 e. The Morgan fingerprint density at radius 1 is 1.38 bits per heavy atom. The van der Waals surface area contributed by atoms with Gasteiger partial charge in [0, 0.05) is 12.1 Å². The minimum absolute atomic E-state index is 0.0564. The molecule has 1 rings (SSSR count). The molecule has 0 saturated carbocycles. The zero-order valence-electron chi connectivity index (χ0n) is 10.1. The van der Waals surface area contributed by atoms with Crippen LogP contribution in [0.1, 0.15) is 38.3 Å². The number of aliphatic carboxylic acids is 1. The Hall–Kier alpha value is -1.51. The van der Waals surface area contributed by atoms with Crippen molar-refractivity contribution in [2.45, 2.75) is 39.0 Å². The van der Waals surface area contributed by atoms with Crippen molar-refractivity contribution in [3.63, 3.8) is 0 Å². The van der Waals surface area contributed by atoms with Gasteiger partial charge < -0.3 is 10.8 Å². The van der Waals surface area contributed by atoms with Crippen molar-refractivity contribution in [2.24, 2.45) is 0 Å². The number of nitrogen functional groups attached to an aromatic ring is 1. The lowest BCUT2D eigenvalue weighted by molar-refractivity contribution is -0.136. The van der Waals surface area contributed by atoms with Gasteiger partial charge in [-0.05, 0) is 29.0 Å². The fourth-order valence-electron chi connectivity index (χ4n) is 1.98. The topological polar surface area (TPSA) is 63.3 Å². The van der Waals surface area contributed by atoms with E-state index >= 15 is 0 Å². The predicted octanol–water partition coefficient (Wildman–Crippen LogP) is 2.58. The molecule has 0 bridgehead atoms. The molecule has 3 nitrogen and oxygen atoms in total. The number of carboxylic acids is 1. The van der Waals surface area contributed by atoms with E-state index in [1.165, 1.54) is 0 Å². The van der Waals surface area contributed by atoms with Crippen molar-refractivity contribution in [1.82, 2.24) is 0 Å². The molecular formula is C13H19NO2. The summed E-state index contributed by atoms with van der Waals surface area (Å²) in [7, 11) is 0. The monoisotopic (exact) mass is 221 g/mol. The molecule has 0 saturated heterocycles. The maximum atomic E-state index is 10.6. The molecule has 0 amide bonds. The van der Waals surface area contributed by atoms with Crippen LogP contribution in [-0.4, -0.2) is 11.1 Å². The van der Waals surface area contributed by atoms with Crippen molar-refractivity contribution in [3.05, 3.63) is 29.3 Å². The summed E-state index contributed by atoms with van der Waals surface area (Å²) in [4.78, 5) is 10.6. The second-order valence-electron chi connectivity index (χ2n) is 5.03. The Morgan fingerprint density at radius 3 is 2.50 bits per heavy atom. The number of aryl methyl sites for hydroxylation is 1. The van der Waals surface area contributed by atoms with E-state index in [9.17, 15) is 4.79 Å². The second kappa shape index (κ2) is 4.56. The van der Waals surface area contributed by atoms with Crippen LogP contribution >= 0.6 is 0 Å². The average Bonchev–Trinajstić information content (AvgIpc) is 2.12. The molecule has 1 aromatic rings. The van der Waals surface area contributed by atoms with Crippen LogP contribution in [0.25, 0.3) is 0 Å². The number of benzene rings is 1. The number of hydrogen-bond donors (Lipinski definition) is 2. The summed E-state index contributed by atoms with van der Waals surface area (Å²) in [5, 5.41) is 8.71. The van der Waals surface area contributed by atoms with Gasteiger partial charge in [0.2, 0.25) is 0 Å². The minimum atomic E-state index is -0.776. The van der Waals surface area contributed by atoms with E-state index in [4.69, 9.17) is 10.8 Å². The summed E-state index contributed by atoms with van der Waals surface area (Å²) >= 11 is 0. The molecule has 0 unspecified atom stereocenters. The Labute approximate surface area is 96.3 Å². The third-order valence-electron chi connectivity index (χ3n) is 2.54. The predicted molar refractivity (Wildman–Crippen MR) is 65.5 cm³/mol. The quantitative estimate of drug-likeness (QED) is 0.771. The third kappa shape index (κ3) is 2.99. The lowest BCUT2D eigenvalue weighted by Crippen LogP contribution is -2.17. The van der Waals surface area contributed by atoms with Gasteiger partial charge in [-0.15, -0.1) is 0 Å². The van der Waals surface area contributed by atoms with Crippen molar-refractivity contribution in [1.29, 1.82) is 0 Å². The molecule has 3 N–H and O–H groups in total. The number of nitrogens with two attached hydrogens (primary N) is 1. The van der Waals surface area contributed by atoms with E-state index in [1.807, 2.05) is 18.2 Å². The molecule has 0 aliphatic heterocycles. The summed E-state index contributed by atoms with van der Waals surface area (Å²) in [6.07, 6.45) is 0.680. The number of anilines is 1. The number of carbonyl (C=O) groups is 1. The highest BCUT2D eigenvalue weighted by Crippen LogP contribution is 2.31. The second-order valence-corrected chi connectivity index (χ2v) is 5.03. The van der Waals surface area contributed by atoms with Crippen molar-refractivity contribution in [2.75, 3.05) is 5.73 Å². The molecule has 3 heteroatoms. The van der Waals surface area contributed by atoms with Crippen LogP contribution in [0.4, 0.5) is 5.69 Å². The molecule has 16 heavy (non-hydrogen) atoms. The Morgan fingerprint density at radius 2 is 2.00 bits per heavy atom. The molecule has 0 aliphatic rings. The van der Waals surface area contributed by atoms with E-state index < -0.39 is 5.97 Å². The molecule has 0 atom stereocenters. The third-order valence-corrected chi connectivity index (χ3v) is 2.54. The minimum Gasteiger partial charge on any atom is -0.481 e. The first-order chi connectivity index (χ1) is 7.32. The lowest BCUT2D eigenvalue weighted by Gasteiger charge is -2.24. The number of rotatable bonds is 3. The molecule has 0 aromatic heterocycles. The van der Waals surface area contributed by atoms with Crippen LogP contribution in [0, 0.1) is 0 Å². The highest BCUT2D eigenvalue weighted by molar-refractivity contribution is 5.67. The van der Waals surface area contributed by atoms with Crippen LogP contribution < -0.4 is 5.73 Å². The van der Waals surface area contributed by atoms with E-state index in [2.05, 4.69) is 20.8 Å². The zero-order chi connectivity index (χ0) is 12.3. The Balaban J connectivity index is 3.08. The van der Waals surface area contributed by atoms with Gasteiger partial charge in [-0.25, -0.2) is 0 Å². The Bertz CT molecular complexity index is 391. The summed E-state index contributed by atoms with van der Waals surface area (Å²) < 4.78 is 0. The fraction of sp³-hybridized carbons (Fsp3) is 0.462.